The largest absolute Gasteiger partial charge is 0.339 e. The highest BCUT2D eigenvalue weighted by molar-refractivity contribution is 9.10. The number of piperazine rings is 1. The molecule has 0 saturated carbocycles. The lowest BCUT2D eigenvalue weighted by Crippen LogP contribution is -2.56. The van der Waals surface area contributed by atoms with Gasteiger partial charge in [-0.2, -0.15) is 0 Å². The SMILES string of the molecule is CCN(CC)C(=O)c1ccc([C@H](c2ccccc2)N2C[C@@H](C)N(Cc3ccc(Br)cc3)C[C@@H]2C)cc1. The second-order valence-electron chi connectivity index (χ2n) is 9.86. The van der Waals surface area contributed by atoms with Crippen LogP contribution in [0.15, 0.2) is 83.3 Å². The van der Waals surface area contributed by atoms with Gasteiger partial charge in [0.1, 0.15) is 0 Å². The molecule has 4 nitrogen and oxygen atoms in total. The van der Waals surface area contributed by atoms with Gasteiger partial charge in [-0.1, -0.05) is 70.5 Å². The molecule has 0 bridgehead atoms. The zero-order chi connectivity index (χ0) is 25.7. The van der Waals surface area contributed by atoms with Gasteiger partial charge in [-0.3, -0.25) is 14.6 Å². The molecule has 0 N–H and O–H groups in total. The zero-order valence-corrected chi connectivity index (χ0v) is 23.5. The van der Waals surface area contributed by atoms with E-state index >= 15 is 0 Å². The number of rotatable bonds is 8. The molecule has 3 atom stereocenters. The molecule has 0 unspecified atom stereocenters. The molecular weight excluding hydrogens is 510 g/mol. The van der Waals surface area contributed by atoms with Gasteiger partial charge in [0, 0.05) is 54.8 Å². The van der Waals surface area contributed by atoms with Gasteiger partial charge >= 0.3 is 0 Å². The van der Waals surface area contributed by atoms with E-state index in [1.165, 1.54) is 16.7 Å². The molecule has 0 radical (unpaired) electrons. The number of carbonyl (C=O) groups is 1. The molecule has 0 aromatic heterocycles. The average molecular weight is 549 g/mol. The Balaban J connectivity index is 1.58. The summed E-state index contributed by atoms with van der Waals surface area (Å²) in [5.41, 5.74) is 4.63. The molecule has 1 heterocycles. The molecule has 1 fully saturated rings. The lowest BCUT2D eigenvalue weighted by atomic mass is 9.92. The van der Waals surface area contributed by atoms with Crippen LogP contribution in [0.3, 0.4) is 0 Å². The van der Waals surface area contributed by atoms with Crippen molar-refractivity contribution in [2.24, 2.45) is 0 Å². The van der Waals surface area contributed by atoms with Crippen molar-refractivity contribution in [1.82, 2.24) is 14.7 Å². The van der Waals surface area contributed by atoms with Crippen molar-refractivity contribution in [2.75, 3.05) is 26.2 Å². The Hall–Kier alpha value is -2.47. The van der Waals surface area contributed by atoms with Crippen LogP contribution in [-0.2, 0) is 6.54 Å². The summed E-state index contributed by atoms with van der Waals surface area (Å²) in [5, 5.41) is 0. The summed E-state index contributed by atoms with van der Waals surface area (Å²) in [6.07, 6.45) is 0. The van der Waals surface area contributed by atoms with Crippen molar-refractivity contribution in [3.05, 3.63) is 106 Å². The lowest BCUT2D eigenvalue weighted by molar-refractivity contribution is 0.0195. The van der Waals surface area contributed by atoms with Crippen LogP contribution in [0.5, 0.6) is 0 Å². The minimum absolute atomic E-state index is 0.103. The fourth-order valence-electron chi connectivity index (χ4n) is 5.34. The Morgan fingerprint density at radius 1 is 0.861 bits per heavy atom. The number of hydrogen-bond acceptors (Lipinski definition) is 3. The van der Waals surface area contributed by atoms with Crippen LogP contribution in [0.4, 0.5) is 0 Å². The maximum Gasteiger partial charge on any atom is 0.253 e. The predicted octanol–water partition coefficient (Wildman–Crippen LogP) is 6.62. The summed E-state index contributed by atoms with van der Waals surface area (Å²) >= 11 is 3.55. The smallest absolute Gasteiger partial charge is 0.253 e. The number of amides is 1. The highest BCUT2D eigenvalue weighted by Gasteiger charge is 2.34. The van der Waals surface area contributed by atoms with Crippen molar-refractivity contribution in [2.45, 2.75) is 52.4 Å². The topological polar surface area (TPSA) is 26.8 Å². The van der Waals surface area contributed by atoms with Gasteiger partial charge in [-0.15, -0.1) is 0 Å². The first kappa shape index (κ1) is 26.6. The Labute approximate surface area is 225 Å². The second-order valence-corrected chi connectivity index (χ2v) is 10.8. The van der Waals surface area contributed by atoms with Crippen LogP contribution >= 0.6 is 15.9 Å². The number of benzene rings is 3. The third-order valence-corrected chi connectivity index (χ3v) is 7.96. The van der Waals surface area contributed by atoms with Gasteiger partial charge in [0.15, 0.2) is 0 Å². The van der Waals surface area contributed by atoms with E-state index in [2.05, 4.69) is 106 Å². The average Bonchev–Trinajstić information content (AvgIpc) is 2.90. The van der Waals surface area contributed by atoms with E-state index in [1.54, 1.807) is 0 Å². The lowest BCUT2D eigenvalue weighted by Gasteiger charge is -2.47. The molecule has 3 aromatic rings. The number of halogens is 1. The van der Waals surface area contributed by atoms with Crippen molar-refractivity contribution in [3.8, 4) is 0 Å². The molecule has 1 aliphatic rings. The molecule has 1 amide bonds. The van der Waals surface area contributed by atoms with Crippen molar-refractivity contribution in [1.29, 1.82) is 0 Å². The molecule has 1 aliphatic heterocycles. The number of hydrogen-bond donors (Lipinski definition) is 0. The van der Waals surface area contributed by atoms with Gasteiger partial charge in [0.25, 0.3) is 5.91 Å². The fraction of sp³-hybridized carbons (Fsp3) is 0.387. The summed E-state index contributed by atoms with van der Waals surface area (Å²) < 4.78 is 1.12. The fourth-order valence-corrected chi connectivity index (χ4v) is 5.61. The molecule has 1 saturated heterocycles. The Kier molecular flexibility index (Phi) is 9.00. The van der Waals surface area contributed by atoms with E-state index in [4.69, 9.17) is 0 Å². The first-order valence-corrected chi connectivity index (χ1v) is 13.9. The van der Waals surface area contributed by atoms with Gasteiger partial charge in [0.2, 0.25) is 0 Å². The van der Waals surface area contributed by atoms with Gasteiger partial charge in [-0.05, 0) is 68.7 Å². The van der Waals surface area contributed by atoms with Crippen molar-refractivity contribution in [3.63, 3.8) is 0 Å². The second kappa shape index (κ2) is 12.2. The molecule has 190 valence electrons. The normalized spacial score (nSPS) is 19.7. The van der Waals surface area contributed by atoms with Crippen LogP contribution in [0.25, 0.3) is 0 Å². The van der Waals surface area contributed by atoms with Crippen LogP contribution in [0.2, 0.25) is 0 Å². The van der Waals surface area contributed by atoms with E-state index in [1.807, 2.05) is 30.9 Å². The molecule has 36 heavy (non-hydrogen) atoms. The molecule has 5 heteroatoms. The first-order valence-electron chi connectivity index (χ1n) is 13.1. The van der Waals surface area contributed by atoms with E-state index in [0.29, 0.717) is 12.1 Å². The Morgan fingerprint density at radius 2 is 1.47 bits per heavy atom. The zero-order valence-electron chi connectivity index (χ0n) is 21.9. The van der Waals surface area contributed by atoms with Gasteiger partial charge in [-0.25, -0.2) is 0 Å². The molecule has 0 spiro atoms. The summed E-state index contributed by atoms with van der Waals surface area (Å²) in [5.74, 6) is 0.103. The van der Waals surface area contributed by atoms with Crippen molar-refractivity contribution < 1.29 is 4.79 Å². The number of nitrogens with zero attached hydrogens (tertiary/aromatic N) is 3. The number of carbonyl (C=O) groups excluding carboxylic acids is 1. The quantitative estimate of drug-likeness (QED) is 0.317. The van der Waals surface area contributed by atoms with Crippen LogP contribution in [0.1, 0.15) is 60.8 Å². The Bertz CT molecular complexity index is 1110. The summed E-state index contributed by atoms with van der Waals surface area (Å²) in [4.78, 5) is 20.0. The van der Waals surface area contributed by atoms with Crippen LogP contribution < -0.4 is 0 Å². The van der Waals surface area contributed by atoms with Crippen molar-refractivity contribution >= 4 is 21.8 Å². The molecule has 3 aromatic carbocycles. The van der Waals surface area contributed by atoms with Gasteiger partial charge in [0.05, 0.1) is 6.04 Å². The van der Waals surface area contributed by atoms with E-state index in [-0.39, 0.29) is 11.9 Å². The van der Waals surface area contributed by atoms with Gasteiger partial charge < -0.3 is 4.90 Å². The minimum atomic E-state index is 0.103. The van der Waals surface area contributed by atoms with E-state index < -0.39 is 0 Å². The maximum absolute atomic E-state index is 12.9. The highest BCUT2D eigenvalue weighted by Crippen LogP contribution is 2.34. The summed E-state index contributed by atoms with van der Waals surface area (Å²) in [7, 11) is 0. The Morgan fingerprint density at radius 3 is 2.08 bits per heavy atom. The van der Waals surface area contributed by atoms with E-state index in [0.717, 1.165) is 42.8 Å². The third kappa shape index (κ3) is 6.08. The third-order valence-electron chi connectivity index (χ3n) is 7.43. The predicted molar refractivity (Wildman–Crippen MR) is 152 cm³/mol. The standard InChI is InChI=1S/C31H38BrN3O/c1-5-33(6-2)31(36)28-16-14-27(15-17-28)30(26-10-8-7-9-11-26)35-21-23(3)34(20-24(35)4)22-25-12-18-29(32)19-13-25/h7-19,23-24,30H,5-6,20-22H2,1-4H3/t23-,24+,30+/m1/s1. The minimum Gasteiger partial charge on any atom is -0.339 e. The van der Waals surface area contributed by atoms with E-state index in [9.17, 15) is 4.79 Å². The molecule has 0 aliphatic carbocycles. The first-order chi connectivity index (χ1) is 17.4. The molecule has 4 rings (SSSR count). The summed E-state index contributed by atoms with van der Waals surface area (Å²) in [6.45, 7) is 13.1. The molecular formula is C31H38BrN3O. The summed E-state index contributed by atoms with van der Waals surface area (Å²) in [6, 6.07) is 28.7. The van der Waals surface area contributed by atoms with Crippen LogP contribution in [0, 0.1) is 0 Å². The van der Waals surface area contributed by atoms with Crippen LogP contribution in [-0.4, -0.2) is 58.9 Å². The maximum atomic E-state index is 12.9. The highest BCUT2D eigenvalue weighted by atomic mass is 79.9. The monoisotopic (exact) mass is 547 g/mol.